The first-order valence-corrected chi connectivity index (χ1v) is 9.67. The monoisotopic (exact) mass is 369 g/mol. The lowest BCUT2D eigenvalue weighted by Crippen LogP contribution is -2.45. The number of hydrogen-bond donors (Lipinski definition) is 0. The van der Waals surface area contributed by atoms with Crippen molar-refractivity contribution >= 4 is 12.2 Å². The van der Waals surface area contributed by atoms with Crippen LogP contribution in [0.5, 0.6) is 0 Å². The molecule has 0 aliphatic carbocycles. The van der Waals surface area contributed by atoms with Crippen LogP contribution in [0.4, 0.5) is 0 Å². The standard InChI is InChI=1S/C25H23NO2/c27-18-26-23(20-12-6-2-7-13-20)17-24(28)22(16-19-10-4-1-5-11-19)25(26)21-14-8-3-9-15-21/h1-15,18,22-23,25H,16-17H2. The van der Waals surface area contributed by atoms with Gasteiger partial charge in [-0.1, -0.05) is 91.0 Å². The van der Waals surface area contributed by atoms with E-state index < -0.39 is 0 Å². The maximum Gasteiger partial charge on any atom is 0.210 e. The molecule has 0 aromatic heterocycles. The molecular weight excluding hydrogens is 346 g/mol. The third-order valence-corrected chi connectivity index (χ3v) is 5.62. The van der Waals surface area contributed by atoms with E-state index in [4.69, 9.17) is 0 Å². The number of ketones is 1. The highest BCUT2D eigenvalue weighted by Crippen LogP contribution is 2.43. The number of nitrogens with zero attached hydrogens (tertiary/aromatic N) is 1. The van der Waals surface area contributed by atoms with Gasteiger partial charge in [0.2, 0.25) is 6.41 Å². The number of Topliss-reactive ketones (excluding diaryl/α,β-unsaturated/α-hetero) is 1. The zero-order valence-electron chi connectivity index (χ0n) is 15.6. The fourth-order valence-electron chi connectivity index (χ4n) is 4.28. The largest absolute Gasteiger partial charge is 0.330 e. The van der Waals surface area contributed by atoms with E-state index in [-0.39, 0.29) is 23.8 Å². The van der Waals surface area contributed by atoms with Gasteiger partial charge in [-0.05, 0) is 23.1 Å². The Morgan fingerprint density at radius 1 is 0.786 bits per heavy atom. The minimum absolute atomic E-state index is 0.213. The van der Waals surface area contributed by atoms with Gasteiger partial charge in [0.15, 0.2) is 0 Å². The van der Waals surface area contributed by atoms with Crippen LogP contribution in [0.15, 0.2) is 91.0 Å². The summed E-state index contributed by atoms with van der Waals surface area (Å²) in [5.74, 6) is -0.0420. The van der Waals surface area contributed by atoms with Gasteiger partial charge in [-0.25, -0.2) is 0 Å². The Kier molecular flexibility index (Phi) is 5.34. The Balaban J connectivity index is 1.76. The minimum atomic E-state index is -0.273. The fraction of sp³-hybridized carbons (Fsp3) is 0.200. The Labute approximate surface area is 165 Å². The van der Waals surface area contributed by atoms with Gasteiger partial charge >= 0.3 is 0 Å². The fourth-order valence-corrected chi connectivity index (χ4v) is 4.28. The zero-order chi connectivity index (χ0) is 19.3. The number of carbonyl (C=O) groups excluding carboxylic acids is 2. The highest BCUT2D eigenvalue weighted by atomic mass is 16.1. The van der Waals surface area contributed by atoms with Gasteiger partial charge in [-0.3, -0.25) is 9.59 Å². The Bertz CT molecular complexity index is 923. The minimum Gasteiger partial charge on any atom is -0.330 e. The smallest absolute Gasteiger partial charge is 0.210 e. The zero-order valence-corrected chi connectivity index (χ0v) is 15.6. The molecule has 3 nitrogen and oxygen atoms in total. The Hall–Kier alpha value is -3.20. The van der Waals surface area contributed by atoms with Gasteiger partial charge in [0.05, 0.1) is 12.1 Å². The van der Waals surface area contributed by atoms with Crippen molar-refractivity contribution in [2.75, 3.05) is 0 Å². The van der Waals surface area contributed by atoms with E-state index in [9.17, 15) is 9.59 Å². The quantitative estimate of drug-likeness (QED) is 0.608. The Morgan fingerprint density at radius 2 is 1.32 bits per heavy atom. The molecule has 3 atom stereocenters. The summed E-state index contributed by atoms with van der Waals surface area (Å²) >= 11 is 0. The predicted octanol–water partition coefficient (Wildman–Crippen LogP) is 4.76. The molecule has 0 radical (unpaired) electrons. The van der Waals surface area contributed by atoms with Gasteiger partial charge < -0.3 is 4.90 Å². The lowest BCUT2D eigenvalue weighted by atomic mass is 9.76. The highest BCUT2D eigenvalue weighted by Gasteiger charge is 2.43. The van der Waals surface area contributed by atoms with Gasteiger partial charge in [-0.2, -0.15) is 0 Å². The van der Waals surface area contributed by atoms with Crippen LogP contribution in [-0.2, 0) is 16.0 Å². The number of likely N-dealkylation sites (tertiary alicyclic amines) is 1. The van der Waals surface area contributed by atoms with Crippen molar-refractivity contribution in [3.05, 3.63) is 108 Å². The van der Waals surface area contributed by atoms with Gasteiger partial charge in [0.1, 0.15) is 5.78 Å². The third-order valence-electron chi connectivity index (χ3n) is 5.62. The molecule has 1 saturated heterocycles. The van der Waals surface area contributed by atoms with E-state index in [1.807, 2.05) is 95.9 Å². The highest BCUT2D eigenvalue weighted by molar-refractivity contribution is 5.85. The van der Waals surface area contributed by atoms with E-state index in [0.29, 0.717) is 12.8 Å². The van der Waals surface area contributed by atoms with Crippen molar-refractivity contribution in [3.8, 4) is 0 Å². The average molecular weight is 369 g/mol. The molecule has 28 heavy (non-hydrogen) atoms. The SMILES string of the molecule is O=CN1C(c2ccccc2)CC(=O)C(Cc2ccccc2)C1c1ccccc1. The first kappa shape index (κ1) is 18.2. The molecule has 0 spiro atoms. The first-order chi connectivity index (χ1) is 13.8. The molecule has 3 unspecified atom stereocenters. The number of carbonyl (C=O) groups is 2. The molecule has 0 N–H and O–H groups in total. The number of piperidine rings is 1. The number of hydrogen-bond acceptors (Lipinski definition) is 2. The topological polar surface area (TPSA) is 37.4 Å². The van der Waals surface area contributed by atoms with E-state index >= 15 is 0 Å². The van der Waals surface area contributed by atoms with Crippen LogP contribution in [0.1, 0.15) is 35.2 Å². The second-order valence-corrected chi connectivity index (χ2v) is 7.30. The summed E-state index contributed by atoms with van der Waals surface area (Å²) in [6.07, 6.45) is 1.90. The number of amides is 1. The van der Waals surface area contributed by atoms with Crippen LogP contribution in [0, 0.1) is 5.92 Å². The van der Waals surface area contributed by atoms with Crippen LogP contribution in [-0.4, -0.2) is 17.1 Å². The molecule has 0 saturated carbocycles. The first-order valence-electron chi connectivity index (χ1n) is 9.67. The van der Waals surface area contributed by atoms with Gasteiger partial charge in [0, 0.05) is 12.3 Å². The lowest BCUT2D eigenvalue weighted by molar-refractivity contribution is -0.139. The van der Waals surface area contributed by atoms with E-state index in [1.54, 1.807) is 0 Å². The predicted molar refractivity (Wildman–Crippen MR) is 110 cm³/mol. The van der Waals surface area contributed by atoms with Crippen molar-refractivity contribution < 1.29 is 9.59 Å². The third kappa shape index (κ3) is 3.61. The average Bonchev–Trinajstić information content (AvgIpc) is 2.76. The van der Waals surface area contributed by atoms with Crippen LogP contribution < -0.4 is 0 Å². The van der Waals surface area contributed by atoms with Crippen molar-refractivity contribution in [3.63, 3.8) is 0 Å². The molecule has 1 aliphatic heterocycles. The van der Waals surface area contributed by atoms with Crippen LogP contribution >= 0.6 is 0 Å². The van der Waals surface area contributed by atoms with Crippen molar-refractivity contribution in [2.24, 2.45) is 5.92 Å². The van der Waals surface area contributed by atoms with Gasteiger partial charge in [0.25, 0.3) is 0 Å². The second kappa shape index (κ2) is 8.22. The summed E-state index contributed by atoms with van der Waals surface area (Å²) in [6.45, 7) is 0. The van der Waals surface area contributed by atoms with Crippen molar-refractivity contribution in [2.45, 2.75) is 24.9 Å². The van der Waals surface area contributed by atoms with Crippen molar-refractivity contribution in [1.29, 1.82) is 0 Å². The number of rotatable bonds is 5. The van der Waals surface area contributed by atoms with Crippen LogP contribution in [0.3, 0.4) is 0 Å². The van der Waals surface area contributed by atoms with E-state index in [0.717, 1.165) is 23.1 Å². The summed E-state index contributed by atoms with van der Waals surface area (Å²) in [4.78, 5) is 27.4. The molecule has 3 aromatic carbocycles. The Morgan fingerprint density at radius 3 is 1.89 bits per heavy atom. The molecule has 0 bridgehead atoms. The molecular formula is C25H23NO2. The maximum absolute atomic E-state index is 13.3. The molecule has 1 amide bonds. The molecule has 3 heteroatoms. The molecule has 1 aliphatic rings. The summed E-state index contributed by atoms with van der Waals surface area (Å²) in [6, 6.07) is 29.3. The van der Waals surface area contributed by atoms with Crippen LogP contribution in [0.25, 0.3) is 0 Å². The second-order valence-electron chi connectivity index (χ2n) is 7.30. The normalized spacial score (nSPS) is 22.1. The molecule has 1 fully saturated rings. The lowest BCUT2D eigenvalue weighted by Gasteiger charge is -2.44. The van der Waals surface area contributed by atoms with Crippen molar-refractivity contribution in [1.82, 2.24) is 4.90 Å². The van der Waals surface area contributed by atoms with E-state index in [2.05, 4.69) is 0 Å². The summed E-state index contributed by atoms with van der Waals surface area (Å²) in [5, 5.41) is 0. The molecule has 1 heterocycles. The summed E-state index contributed by atoms with van der Waals surface area (Å²) in [7, 11) is 0. The molecule has 3 aromatic rings. The molecule has 4 rings (SSSR count). The van der Waals surface area contributed by atoms with E-state index in [1.165, 1.54) is 0 Å². The maximum atomic E-state index is 13.3. The van der Waals surface area contributed by atoms with Gasteiger partial charge in [-0.15, -0.1) is 0 Å². The molecule has 140 valence electrons. The number of benzene rings is 3. The summed E-state index contributed by atoms with van der Waals surface area (Å²) in [5.41, 5.74) is 3.12. The van der Waals surface area contributed by atoms with Crippen LogP contribution in [0.2, 0.25) is 0 Å². The summed E-state index contributed by atoms with van der Waals surface area (Å²) < 4.78 is 0.